The number of halogens is 1. The van der Waals surface area contributed by atoms with Crippen LogP contribution in [0.1, 0.15) is 32.6 Å². The topological polar surface area (TPSA) is 78.0 Å². The molecule has 0 N–H and O–H groups in total. The summed E-state index contributed by atoms with van der Waals surface area (Å²) in [7, 11) is -0.552. The first-order valence-electron chi connectivity index (χ1n) is 9.91. The van der Waals surface area contributed by atoms with Crippen molar-refractivity contribution < 1.29 is 18.0 Å². The summed E-state index contributed by atoms with van der Waals surface area (Å²) in [5.41, 5.74) is 0. The van der Waals surface area contributed by atoms with Gasteiger partial charge in [0.05, 0.1) is 11.4 Å². The lowest BCUT2D eigenvalue weighted by Gasteiger charge is -2.34. The van der Waals surface area contributed by atoms with Crippen molar-refractivity contribution in [2.75, 3.05) is 40.3 Å². The van der Waals surface area contributed by atoms with E-state index in [1.54, 1.807) is 9.80 Å². The monoisotopic (exact) mass is 443 g/mol. The minimum absolute atomic E-state index is 0.0727. The number of carbonyl (C=O) groups is 2. The Morgan fingerprint density at radius 3 is 2.28 bits per heavy atom. The molecule has 0 aromatic heterocycles. The van der Waals surface area contributed by atoms with Crippen LogP contribution in [0.5, 0.6) is 0 Å². The number of nitrogens with zero attached hydrogens (tertiary/aromatic N) is 3. The Labute approximate surface area is 178 Å². The summed E-state index contributed by atoms with van der Waals surface area (Å²) in [5.74, 6) is -0.195. The summed E-state index contributed by atoms with van der Waals surface area (Å²) >= 11 is 5.81. The van der Waals surface area contributed by atoms with Gasteiger partial charge in [0.25, 0.3) is 0 Å². The zero-order valence-corrected chi connectivity index (χ0v) is 18.9. The van der Waals surface area contributed by atoms with Crippen molar-refractivity contribution in [3.05, 3.63) is 29.3 Å². The number of piperidine rings is 1. The summed E-state index contributed by atoms with van der Waals surface area (Å²) in [6.45, 7) is 3.53. The number of carbonyl (C=O) groups excluding carboxylic acids is 2. The third-order valence-corrected chi connectivity index (χ3v) is 7.37. The molecular weight excluding hydrogens is 414 g/mol. The Kier molecular flexibility index (Phi) is 8.48. The number of benzene rings is 1. The molecule has 29 heavy (non-hydrogen) atoms. The summed E-state index contributed by atoms with van der Waals surface area (Å²) < 4.78 is 26.3. The molecule has 0 radical (unpaired) electrons. The minimum Gasteiger partial charge on any atom is -0.346 e. The molecule has 2 rings (SSSR count). The highest BCUT2D eigenvalue weighted by molar-refractivity contribution is 7.89. The molecule has 1 aromatic carbocycles. The second-order valence-corrected chi connectivity index (χ2v) is 9.96. The van der Waals surface area contributed by atoms with E-state index in [4.69, 9.17) is 11.6 Å². The predicted octanol–water partition coefficient (Wildman–Crippen LogP) is 2.46. The molecular formula is C20H30ClN3O4S. The van der Waals surface area contributed by atoms with Crippen molar-refractivity contribution in [1.82, 2.24) is 14.1 Å². The highest BCUT2D eigenvalue weighted by Crippen LogP contribution is 2.21. The van der Waals surface area contributed by atoms with Crippen LogP contribution in [0.4, 0.5) is 0 Å². The fourth-order valence-corrected chi connectivity index (χ4v) is 4.60. The van der Waals surface area contributed by atoms with Gasteiger partial charge < -0.3 is 9.80 Å². The predicted molar refractivity (Wildman–Crippen MR) is 113 cm³/mol. The normalized spacial score (nSPS) is 15.6. The Morgan fingerprint density at radius 1 is 1.14 bits per heavy atom. The average Bonchev–Trinajstić information content (AvgIpc) is 2.71. The number of likely N-dealkylation sites (tertiary alicyclic amines) is 1. The van der Waals surface area contributed by atoms with Crippen LogP contribution < -0.4 is 0 Å². The molecule has 1 fully saturated rings. The summed E-state index contributed by atoms with van der Waals surface area (Å²) in [6.07, 6.45) is 3.23. The van der Waals surface area contributed by atoms with Gasteiger partial charge in [-0.05, 0) is 43.5 Å². The van der Waals surface area contributed by atoms with E-state index in [9.17, 15) is 18.0 Å². The van der Waals surface area contributed by atoms with E-state index in [0.717, 1.165) is 23.7 Å². The first-order valence-corrected chi connectivity index (χ1v) is 11.7. The van der Waals surface area contributed by atoms with Crippen LogP contribution in [-0.4, -0.2) is 74.6 Å². The van der Waals surface area contributed by atoms with Gasteiger partial charge in [-0.2, -0.15) is 4.31 Å². The van der Waals surface area contributed by atoms with Gasteiger partial charge in [-0.3, -0.25) is 9.59 Å². The smallest absolute Gasteiger partial charge is 0.243 e. The average molecular weight is 444 g/mol. The molecule has 0 bridgehead atoms. The molecule has 9 heteroatoms. The van der Waals surface area contributed by atoms with Gasteiger partial charge in [-0.25, -0.2) is 8.42 Å². The lowest BCUT2D eigenvalue weighted by molar-refractivity contribution is -0.139. The maximum absolute atomic E-state index is 12.6. The van der Waals surface area contributed by atoms with Crippen LogP contribution in [0.25, 0.3) is 0 Å². The van der Waals surface area contributed by atoms with E-state index in [-0.39, 0.29) is 29.2 Å². The Morgan fingerprint density at radius 2 is 1.72 bits per heavy atom. The van der Waals surface area contributed by atoms with Crippen LogP contribution in [0.2, 0.25) is 5.02 Å². The fraction of sp³-hybridized carbons (Fsp3) is 0.600. The van der Waals surface area contributed by atoms with Gasteiger partial charge in [-0.1, -0.05) is 24.9 Å². The van der Waals surface area contributed by atoms with Gasteiger partial charge in [0, 0.05) is 44.7 Å². The second kappa shape index (κ2) is 10.4. The van der Waals surface area contributed by atoms with E-state index >= 15 is 0 Å². The number of sulfonamides is 1. The van der Waals surface area contributed by atoms with Crippen LogP contribution >= 0.6 is 11.6 Å². The van der Waals surface area contributed by atoms with Crippen molar-refractivity contribution >= 4 is 33.4 Å². The third-order valence-electron chi connectivity index (χ3n) is 5.30. The summed E-state index contributed by atoms with van der Waals surface area (Å²) in [6, 6.07) is 5.85. The molecule has 1 saturated heterocycles. The van der Waals surface area contributed by atoms with Crippen molar-refractivity contribution in [2.45, 2.75) is 37.5 Å². The zero-order chi connectivity index (χ0) is 21.6. The molecule has 162 valence electrons. The second-order valence-electron chi connectivity index (χ2n) is 7.48. The van der Waals surface area contributed by atoms with E-state index in [2.05, 4.69) is 6.92 Å². The highest BCUT2D eigenvalue weighted by atomic mass is 35.5. The molecule has 0 unspecified atom stereocenters. The maximum atomic E-state index is 12.6. The third kappa shape index (κ3) is 6.17. The van der Waals surface area contributed by atoms with Gasteiger partial charge in [-0.15, -0.1) is 0 Å². The van der Waals surface area contributed by atoms with Crippen LogP contribution in [0.3, 0.4) is 0 Å². The van der Waals surface area contributed by atoms with Gasteiger partial charge in [0.2, 0.25) is 21.8 Å². The first-order chi connectivity index (χ1) is 13.7. The van der Waals surface area contributed by atoms with Crippen molar-refractivity contribution in [2.24, 2.45) is 5.92 Å². The number of rotatable bonds is 8. The lowest BCUT2D eigenvalue weighted by Crippen LogP contribution is -2.47. The number of unbranched alkanes of at least 4 members (excludes halogenated alkanes) is 1. The van der Waals surface area contributed by atoms with Gasteiger partial charge >= 0.3 is 0 Å². The van der Waals surface area contributed by atoms with Crippen molar-refractivity contribution in [3.63, 3.8) is 0 Å². The molecule has 1 aliphatic rings. The summed E-state index contributed by atoms with van der Waals surface area (Å²) in [5, 5.41) is 0.445. The van der Waals surface area contributed by atoms with Gasteiger partial charge in [0.15, 0.2) is 0 Å². The Bertz CT molecular complexity index is 806. The summed E-state index contributed by atoms with van der Waals surface area (Å²) in [4.78, 5) is 28.6. The SMILES string of the molecule is CCCCN(C)C(=O)C1CCN(C(=O)CN(C)S(=O)(=O)c2ccc(Cl)cc2)CC1. The van der Waals surface area contributed by atoms with E-state index in [0.29, 0.717) is 31.0 Å². The number of hydrogen-bond donors (Lipinski definition) is 0. The first kappa shape index (κ1) is 23.6. The molecule has 0 spiro atoms. The number of likely N-dealkylation sites (N-methyl/N-ethyl adjacent to an activating group) is 1. The fourth-order valence-electron chi connectivity index (χ4n) is 3.35. The van der Waals surface area contributed by atoms with Crippen LogP contribution in [-0.2, 0) is 19.6 Å². The quantitative estimate of drug-likeness (QED) is 0.618. The zero-order valence-electron chi connectivity index (χ0n) is 17.3. The maximum Gasteiger partial charge on any atom is 0.243 e. The minimum atomic E-state index is -3.77. The Balaban J connectivity index is 1.89. The standard InChI is InChI=1S/C20H30ClN3O4S/c1-4-5-12-22(2)20(26)16-10-13-24(14-11-16)19(25)15-23(3)29(27,28)18-8-6-17(21)7-9-18/h6-9,16H,4-5,10-15H2,1-3H3. The van der Waals surface area contributed by atoms with E-state index < -0.39 is 10.0 Å². The highest BCUT2D eigenvalue weighted by Gasteiger charge is 2.31. The van der Waals surface area contributed by atoms with Crippen molar-refractivity contribution in [1.29, 1.82) is 0 Å². The molecule has 7 nitrogen and oxygen atoms in total. The number of hydrogen-bond acceptors (Lipinski definition) is 4. The van der Waals surface area contributed by atoms with E-state index in [1.807, 2.05) is 7.05 Å². The van der Waals surface area contributed by atoms with Gasteiger partial charge in [0.1, 0.15) is 0 Å². The molecule has 1 heterocycles. The molecule has 1 aliphatic heterocycles. The van der Waals surface area contributed by atoms with Crippen molar-refractivity contribution in [3.8, 4) is 0 Å². The molecule has 1 aromatic rings. The van der Waals surface area contributed by atoms with E-state index in [1.165, 1.54) is 31.3 Å². The van der Waals surface area contributed by atoms with Crippen LogP contribution in [0.15, 0.2) is 29.2 Å². The number of amides is 2. The molecule has 0 atom stereocenters. The van der Waals surface area contributed by atoms with Crippen LogP contribution in [0, 0.1) is 5.92 Å². The lowest BCUT2D eigenvalue weighted by atomic mass is 9.95. The molecule has 0 aliphatic carbocycles. The molecule has 0 saturated carbocycles. The largest absolute Gasteiger partial charge is 0.346 e. The Hall–Kier alpha value is -1.64. The molecule has 2 amide bonds.